The van der Waals surface area contributed by atoms with E-state index in [0.717, 1.165) is 77.0 Å². The maximum atomic E-state index is 6.35. The molecule has 0 aliphatic rings. The van der Waals surface area contributed by atoms with E-state index >= 15 is 0 Å². The van der Waals surface area contributed by atoms with Gasteiger partial charge in [0, 0.05) is 55.6 Å². The molecule has 0 radical (unpaired) electrons. The van der Waals surface area contributed by atoms with Crippen molar-refractivity contribution in [1.29, 1.82) is 0 Å². The van der Waals surface area contributed by atoms with Gasteiger partial charge >= 0.3 is 0 Å². The number of para-hydroxylation sites is 2. The molecule has 3 aromatic heterocycles. The number of aromatic nitrogens is 1. The van der Waals surface area contributed by atoms with Gasteiger partial charge in [-0.3, -0.25) is 0 Å². The second-order valence-corrected chi connectivity index (χ2v) is 12.6. The molecule has 0 N–H and O–H groups in total. The molecule has 0 saturated heterocycles. The Hall–Kier alpha value is -5.91. The Bertz CT molecular complexity index is 2770. The monoisotopic (exact) mass is 608 g/mol. The molecule has 10 rings (SSSR count). The molecule has 46 heavy (non-hydrogen) atoms. The first-order chi connectivity index (χ1) is 22.8. The number of thiazole rings is 1. The average molecular weight is 609 g/mol. The number of nitrogens with zero attached hydrogens (tertiary/aromatic N) is 2. The highest BCUT2D eigenvalue weighted by atomic mass is 32.1. The molecule has 0 fully saturated rings. The van der Waals surface area contributed by atoms with Gasteiger partial charge in [0.05, 0.1) is 10.2 Å². The van der Waals surface area contributed by atoms with E-state index in [1.54, 1.807) is 11.3 Å². The third-order valence-electron chi connectivity index (χ3n) is 8.87. The molecule has 10 aromatic rings. The number of fused-ring (bicyclic) bond motifs is 9. The summed E-state index contributed by atoms with van der Waals surface area (Å²) in [6, 6.07) is 50.8. The summed E-state index contributed by atoms with van der Waals surface area (Å²) in [6.45, 7) is 0. The summed E-state index contributed by atoms with van der Waals surface area (Å²) in [7, 11) is 0. The molecule has 4 nitrogen and oxygen atoms in total. The van der Waals surface area contributed by atoms with Crippen LogP contribution in [-0.4, -0.2) is 4.98 Å². The SMILES string of the molecule is c1ccc(-c2nc3ccc4ccc(N(c5ccc6c(c5)oc5ccccc56)c5ccc6oc7ccccc7c6c5)cc4c3s2)cc1. The van der Waals surface area contributed by atoms with Crippen LogP contribution in [0.15, 0.2) is 154 Å². The molecule has 0 amide bonds. The van der Waals surface area contributed by atoms with Crippen LogP contribution in [0.4, 0.5) is 17.1 Å². The van der Waals surface area contributed by atoms with Crippen molar-refractivity contribution in [2.24, 2.45) is 0 Å². The van der Waals surface area contributed by atoms with Crippen LogP contribution in [0.2, 0.25) is 0 Å². The molecular formula is C41H24N2O2S. The topological polar surface area (TPSA) is 42.4 Å². The van der Waals surface area contributed by atoms with Crippen LogP contribution in [0.5, 0.6) is 0 Å². The fourth-order valence-corrected chi connectivity index (χ4v) is 7.79. The first kappa shape index (κ1) is 25.4. The van der Waals surface area contributed by atoms with Crippen molar-refractivity contribution in [2.45, 2.75) is 0 Å². The predicted octanol–water partition coefficient (Wildman–Crippen LogP) is 12.4. The van der Waals surface area contributed by atoms with Crippen molar-refractivity contribution in [3.63, 3.8) is 0 Å². The quantitative estimate of drug-likeness (QED) is 0.199. The zero-order valence-corrected chi connectivity index (χ0v) is 25.3. The van der Waals surface area contributed by atoms with E-state index < -0.39 is 0 Å². The smallest absolute Gasteiger partial charge is 0.137 e. The highest BCUT2D eigenvalue weighted by Gasteiger charge is 2.19. The average Bonchev–Trinajstić information content (AvgIpc) is 3.82. The summed E-state index contributed by atoms with van der Waals surface area (Å²) in [5.41, 5.74) is 8.75. The minimum Gasteiger partial charge on any atom is -0.456 e. The van der Waals surface area contributed by atoms with Gasteiger partial charge in [-0.15, -0.1) is 11.3 Å². The predicted molar refractivity (Wildman–Crippen MR) is 192 cm³/mol. The Labute approximate surface area is 267 Å². The highest BCUT2D eigenvalue weighted by Crippen LogP contribution is 2.43. The molecule has 0 aliphatic heterocycles. The summed E-state index contributed by atoms with van der Waals surface area (Å²) in [6.07, 6.45) is 0. The lowest BCUT2D eigenvalue weighted by molar-refractivity contribution is 0.668. The second-order valence-electron chi connectivity index (χ2n) is 11.6. The van der Waals surface area contributed by atoms with E-state index in [0.29, 0.717) is 0 Å². The van der Waals surface area contributed by atoms with Gasteiger partial charge in [0.2, 0.25) is 0 Å². The van der Waals surface area contributed by atoms with Gasteiger partial charge in [-0.05, 0) is 66.0 Å². The largest absolute Gasteiger partial charge is 0.456 e. The summed E-state index contributed by atoms with van der Waals surface area (Å²) < 4.78 is 13.7. The van der Waals surface area contributed by atoms with E-state index in [1.807, 2.05) is 30.3 Å². The summed E-state index contributed by atoms with van der Waals surface area (Å²) in [5, 5.41) is 7.80. The molecule has 7 aromatic carbocycles. The maximum Gasteiger partial charge on any atom is 0.137 e. The van der Waals surface area contributed by atoms with Gasteiger partial charge < -0.3 is 13.7 Å². The van der Waals surface area contributed by atoms with Crippen LogP contribution in [-0.2, 0) is 0 Å². The normalized spacial score (nSPS) is 11.9. The van der Waals surface area contributed by atoms with Gasteiger partial charge in [-0.2, -0.15) is 0 Å². The van der Waals surface area contributed by atoms with Gasteiger partial charge in [-0.1, -0.05) is 78.9 Å². The first-order valence-corrected chi connectivity index (χ1v) is 16.1. The van der Waals surface area contributed by atoms with Crippen molar-refractivity contribution in [3.8, 4) is 10.6 Å². The lowest BCUT2D eigenvalue weighted by Gasteiger charge is -2.26. The number of rotatable bonds is 4. The second kappa shape index (κ2) is 9.80. The lowest BCUT2D eigenvalue weighted by atomic mass is 10.1. The van der Waals surface area contributed by atoms with E-state index in [2.05, 4.69) is 120 Å². The number of hydrogen-bond donors (Lipinski definition) is 0. The lowest BCUT2D eigenvalue weighted by Crippen LogP contribution is -2.09. The van der Waals surface area contributed by atoms with Crippen LogP contribution >= 0.6 is 11.3 Å². The molecule has 0 saturated carbocycles. The maximum absolute atomic E-state index is 6.35. The van der Waals surface area contributed by atoms with Crippen molar-refractivity contribution >= 4 is 93.3 Å². The first-order valence-electron chi connectivity index (χ1n) is 15.3. The Morgan fingerprint density at radius 1 is 0.457 bits per heavy atom. The minimum atomic E-state index is 0.858. The molecule has 0 spiro atoms. The van der Waals surface area contributed by atoms with Crippen molar-refractivity contribution in [1.82, 2.24) is 4.98 Å². The van der Waals surface area contributed by atoms with Crippen LogP contribution in [0.3, 0.4) is 0 Å². The molecule has 216 valence electrons. The van der Waals surface area contributed by atoms with E-state index in [9.17, 15) is 0 Å². The van der Waals surface area contributed by atoms with Gasteiger partial charge in [0.15, 0.2) is 0 Å². The number of anilines is 3. The minimum absolute atomic E-state index is 0.858. The van der Waals surface area contributed by atoms with Gasteiger partial charge in [0.1, 0.15) is 27.3 Å². The fourth-order valence-electron chi connectivity index (χ4n) is 6.69. The summed E-state index contributed by atoms with van der Waals surface area (Å²) in [5.74, 6) is 0. The van der Waals surface area contributed by atoms with Crippen molar-refractivity contribution in [3.05, 3.63) is 146 Å². The molecule has 0 aliphatic carbocycles. The molecule has 5 heteroatoms. The standard InChI is InChI=1S/C41H24N2O2S/c1-2-8-26(9-3-1)41-42-35-20-15-25-14-16-27(22-33(25)40(35)46-41)43(28-18-21-38-34(23-28)31-11-5-7-13-37(31)44-38)29-17-19-32-30-10-4-6-12-36(30)45-39(32)24-29/h1-24H. The van der Waals surface area contributed by atoms with Gasteiger partial charge in [0.25, 0.3) is 0 Å². The number of furan rings is 2. The van der Waals surface area contributed by atoms with Crippen LogP contribution < -0.4 is 4.90 Å². The third kappa shape index (κ3) is 3.89. The number of benzene rings is 7. The van der Waals surface area contributed by atoms with Crippen LogP contribution in [0.1, 0.15) is 0 Å². The fraction of sp³-hybridized carbons (Fsp3) is 0. The zero-order chi connectivity index (χ0) is 30.2. The Morgan fingerprint density at radius 3 is 1.87 bits per heavy atom. The van der Waals surface area contributed by atoms with E-state index in [1.165, 1.54) is 15.5 Å². The number of hydrogen-bond acceptors (Lipinski definition) is 5. The Balaban J connectivity index is 1.21. The van der Waals surface area contributed by atoms with Crippen LogP contribution in [0.25, 0.3) is 75.4 Å². The zero-order valence-electron chi connectivity index (χ0n) is 24.5. The summed E-state index contributed by atoms with van der Waals surface area (Å²) in [4.78, 5) is 7.33. The molecule has 0 unspecified atom stereocenters. The van der Waals surface area contributed by atoms with Gasteiger partial charge in [-0.25, -0.2) is 4.98 Å². The third-order valence-corrected chi connectivity index (χ3v) is 10.0. The van der Waals surface area contributed by atoms with E-state index in [-0.39, 0.29) is 0 Å². The molecule has 0 bridgehead atoms. The Kier molecular flexibility index (Phi) is 5.41. The molecule has 0 atom stereocenters. The molecule has 3 heterocycles. The van der Waals surface area contributed by atoms with Crippen LogP contribution in [0, 0.1) is 0 Å². The molecular weight excluding hydrogens is 585 g/mol. The van der Waals surface area contributed by atoms with Crippen molar-refractivity contribution in [2.75, 3.05) is 4.90 Å². The van der Waals surface area contributed by atoms with E-state index in [4.69, 9.17) is 13.8 Å². The Morgan fingerprint density at radius 2 is 1.04 bits per heavy atom. The van der Waals surface area contributed by atoms with Crippen molar-refractivity contribution < 1.29 is 8.83 Å². The summed E-state index contributed by atoms with van der Waals surface area (Å²) >= 11 is 1.74. The highest BCUT2D eigenvalue weighted by molar-refractivity contribution is 7.22.